The average molecular weight is 307 g/mol. The van der Waals surface area contributed by atoms with Crippen molar-refractivity contribution in [2.24, 2.45) is 0 Å². The summed E-state index contributed by atoms with van der Waals surface area (Å²) in [5.41, 5.74) is 0. The summed E-state index contributed by atoms with van der Waals surface area (Å²) in [6.45, 7) is 7.88. The topological polar surface area (TPSA) is 63.1 Å². The van der Waals surface area contributed by atoms with Crippen molar-refractivity contribution in [2.45, 2.75) is 65.0 Å². The molecule has 22 heavy (non-hydrogen) atoms. The molecule has 1 N–H and O–H groups in total. The first kappa shape index (κ1) is 16.9. The summed E-state index contributed by atoms with van der Waals surface area (Å²) in [4.78, 5) is 18.8. The van der Waals surface area contributed by atoms with Gasteiger partial charge in [0.2, 0.25) is 5.91 Å². The maximum Gasteiger partial charge on any atom is 0.221 e. The van der Waals surface area contributed by atoms with Crippen LogP contribution in [0.25, 0.3) is 0 Å². The molecule has 1 saturated heterocycles. The fraction of sp³-hybridized carbons (Fsp3) is 0.812. The quantitative estimate of drug-likeness (QED) is 0.874. The van der Waals surface area contributed by atoms with E-state index in [2.05, 4.69) is 20.3 Å². The van der Waals surface area contributed by atoms with E-state index >= 15 is 0 Å². The highest BCUT2D eigenvalue weighted by molar-refractivity contribution is 5.76. The minimum Gasteiger partial charge on any atom is -0.346 e. The number of nitrogens with zero attached hydrogens (tertiary/aromatic N) is 4. The van der Waals surface area contributed by atoms with Crippen LogP contribution in [0.1, 0.15) is 64.2 Å². The van der Waals surface area contributed by atoms with Crippen molar-refractivity contribution in [1.29, 1.82) is 0 Å². The summed E-state index contributed by atoms with van der Waals surface area (Å²) >= 11 is 0. The second kappa shape index (κ2) is 8.88. The molecule has 6 nitrogen and oxygen atoms in total. The zero-order valence-corrected chi connectivity index (χ0v) is 13.9. The van der Waals surface area contributed by atoms with Gasteiger partial charge in [0.25, 0.3) is 0 Å². The maximum absolute atomic E-state index is 12.1. The van der Waals surface area contributed by atoms with Crippen LogP contribution in [0.5, 0.6) is 0 Å². The Balaban J connectivity index is 1.75. The average Bonchev–Trinajstić information content (AvgIpc) is 2.94. The third-order valence-corrected chi connectivity index (χ3v) is 4.31. The van der Waals surface area contributed by atoms with E-state index in [0.29, 0.717) is 6.42 Å². The van der Waals surface area contributed by atoms with E-state index in [1.54, 1.807) is 6.33 Å². The van der Waals surface area contributed by atoms with Crippen molar-refractivity contribution in [2.75, 3.05) is 19.6 Å². The molecule has 0 spiro atoms. The highest BCUT2D eigenvalue weighted by atomic mass is 16.1. The predicted molar refractivity (Wildman–Crippen MR) is 86.4 cm³/mol. The van der Waals surface area contributed by atoms with Crippen molar-refractivity contribution in [3.8, 4) is 0 Å². The third kappa shape index (κ3) is 5.09. The Morgan fingerprint density at radius 3 is 2.64 bits per heavy atom. The molecular formula is C16H29N5O. The van der Waals surface area contributed by atoms with E-state index in [1.807, 2.05) is 18.5 Å². The van der Waals surface area contributed by atoms with E-state index in [-0.39, 0.29) is 11.9 Å². The smallest absolute Gasteiger partial charge is 0.221 e. The second-order valence-electron chi connectivity index (χ2n) is 6.08. The monoisotopic (exact) mass is 307 g/mol. The number of likely N-dealkylation sites (tertiary alicyclic amines) is 1. The van der Waals surface area contributed by atoms with Crippen LogP contribution < -0.4 is 5.32 Å². The van der Waals surface area contributed by atoms with E-state index in [0.717, 1.165) is 32.0 Å². The summed E-state index contributed by atoms with van der Waals surface area (Å²) in [5.74, 6) is 0.919. The van der Waals surface area contributed by atoms with Gasteiger partial charge in [0.1, 0.15) is 12.2 Å². The molecule has 2 heterocycles. The molecule has 0 aromatic carbocycles. The van der Waals surface area contributed by atoms with Gasteiger partial charge in [-0.05, 0) is 39.8 Å². The van der Waals surface area contributed by atoms with Crippen LogP contribution in [-0.2, 0) is 11.3 Å². The van der Waals surface area contributed by atoms with Crippen LogP contribution in [0.2, 0.25) is 0 Å². The normalized spacial score (nSPS) is 18.5. The second-order valence-corrected chi connectivity index (χ2v) is 6.08. The summed E-state index contributed by atoms with van der Waals surface area (Å²) in [6.07, 6.45) is 8.64. The molecule has 1 fully saturated rings. The van der Waals surface area contributed by atoms with E-state index in [9.17, 15) is 4.79 Å². The molecule has 1 aromatic rings. The number of aryl methyl sites for hydroxylation is 1. The molecule has 0 aliphatic carbocycles. The number of carbonyl (C=O) groups is 1. The lowest BCUT2D eigenvalue weighted by Gasteiger charge is -2.24. The number of hydrogen-bond donors (Lipinski definition) is 1. The lowest BCUT2D eigenvalue weighted by Crippen LogP contribution is -2.34. The molecule has 2 rings (SSSR count). The molecule has 1 aromatic heterocycles. The number of rotatable bonds is 6. The molecule has 124 valence electrons. The van der Waals surface area contributed by atoms with E-state index in [4.69, 9.17) is 0 Å². The third-order valence-electron chi connectivity index (χ3n) is 4.31. The van der Waals surface area contributed by atoms with Crippen molar-refractivity contribution in [3.63, 3.8) is 0 Å². The highest BCUT2D eigenvalue weighted by Gasteiger charge is 2.16. The van der Waals surface area contributed by atoms with Crippen LogP contribution in [0.3, 0.4) is 0 Å². The Labute approximate surface area is 133 Å². The number of aromatic nitrogens is 3. The Hall–Kier alpha value is -1.43. The summed E-state index contributed by atoms with van der Waals surface area (Å²) in [7, 11) is 0. The first-order chi connectivity index (χ1) is 10.7. The number of carbonyl (C=O) groups excluding carboxylic acids is 1. The van der Waals surface area contributed by atoms with Crippen molar-refractivity contribution >= 4 is 5.91 Å². The molecular weight excluding hydrogens is 278 g/mol. The first-order valence-electron chi connectivity index (χ1n) is 8.60. The van der Waals surface area contributed by atoms with Crippen molar-refractivity contribution < 1.29 is 4.79 Å². The van der Waals surface area contributed by atoms with Gasteiger partial charge in [-0.3, -0.25) is 4.79 Å². The lowest BCUT2D eigenvalue weighted by molar-refractivity contribution is -0.122. The van der Waals surface area contributed by atoms with Gasteiger partial charge in [-0.2, -0.15) is 5.10 Å². The zero-order valence-electron chi connectivity index (χ0n) is 13.9. The van der Waals surface area contributed by atoms with Gasteiger partial charge in [0.15, 0.2) is 0 Å². The van der Waals surface area contributed by atoms with Gasteiger partial charge in [0.05, 0.1) is 6.04 Å². The van der Waals surface area contributed by atoms with Crippen LogP contribution in [-0.4, -0.2) is 45.2 Å². The molecule has 1 aliphatic rings. The van der Waals surface area contributed by atoms with Crippen LogP contribution >= 0.6 is 0 Å². The number of amides is 1. The van der Waals surface area contributed by atoms with Gasteiger partial charge in [-0.1, -0.05) is 19.3 Å². The van der Waals surface area contributed by atoms with Gasteiger partial charge in [-0.25, -0.2) is 9.67 Å². The molecule has 1 aliphatic heterocycles. The van der Waals surface area contributed by atoms with Crippen molar-refractivity contribution in [1.82, 2.24) is 25.0 Å². The Bertz CT molecular complexity index is 451. The van der Waals surface area contributed by atoms with Crippen molar-refractivity contribution in [3.05, 3.63) is 12.2 Å². The first-order valence-corrected chi connectivity index (χ1v) is 8.60. The molecule has 1 amide bonds. The van der Waals surface area contributed by atoms with E-state index < -0.39 is 0 Å². The molecule has 0 bridgehead atoms. The van der Waals surface area contributed by atoms with Crippen LogP contribution in [0, 0.1) is 0 Å². The summed E-state index contributed by atoms with van der Waals surface area (Å²) in [6, 6.07) is -0.0951. The van der Waals surface area contributed by atoms with Crippen LogP contribution in [0.4, 0.5) is 0 Å². The molecule has 0 saturated carbocycles. The van der Waals surface area contributed by atoms with Gasteiger partial charge >= 0.3 is 0 Å². The molecule has 6 heteroatoms. The Morgan fingerprint density at radius 1 is 1.27 bits per heavy atom. The maximum atomic E-state index is 12.1. The lowest BCUT2D eigenvalue weighted by atomic mass is 10.1. The van der Waals surface area contributed by atoms with Gasteiger partial charge in [0, 0.05) is 19.5 Å². The van der Waals surface area contributed by atoms with Gasteiger partial charge < -0.3 is 10.2 Å². The standard InChI is InChI=1S/C16H29N5O/c1-3-21-16(17-13-18-21)14(2)19-15(22)9-12-20-10-7-5-4-6-8-11-20/h13-14H,3-12H2,1-2H3,(H,19,22). The van der Waals surface area contributed by atoms with Crippen LogP contribution in [0.15, 0.2) is 6.33 Å². The highest BCUT2D eigenvalue weighted by Crippen LogP contribution is 2.11. The Morgan fingerprint density at radius 2 is 1.95 bits per heavy atom. The van der Waals surface area contributed by atoms with Gasteiger partial charge in [-0.15, -0.1) is 0 Å². The minimum atomic E-state index is -0.0951. The fourth-order valence-corrected chi connectivity index (χ4v) is 3.03. The SMILES string of the molecule is CCn1ncnc1C(C)NC(=O)CCN1CCCCCCC1. The predicted octanol–water partition coefficient (Wildman–Crippen LogP) is 2.13. The number of nitrogens with one attached hydrogen (secondary N) is 1. The molecule has 1 unspecified atom stereocenters. The molecule has 1 atom stereocenters. The fourth-order valence-electron chi connectivity index (χ4n) is 3.03. The zero-order chi connectivity index (χ0) is 15.8. The largest absolute Gasteiger partial charge is 0.346 e. The summed E-state index contributed by atoms with van der Waals surface area (Å²) < 4.78 is 1.82. The van der Waals surface area contributed by atoms with E-state index in [1.165, 1.54) is 32.1 Å². The summed E-state index contributed by atoms with van der Waals surface area (Å²) in [5, 5.41) is 7.18. The Kier molecular flexibility index (Phi) is 6.83. The minimum absolute atomic E-state index is 0.0951. The number of hydrogen-bond acceptors (Lipinski definition) is 4. The molecule has 0 radical (unpaired) electrons.